The van der Waals surface area contributed by atoms with Crippen molar-refractivity contribution in [1.29, 1.82) is 0 Å². The van der Waals surface area contributed by atoms with E-state index in [1.807, 2.05) is 20.8 Å². The second kappa shape index (κ2) is 4.56. The molecule has 1 aromatic rings. The molecule has 0 atom stereocenters. The van der Waals surface area contributed by atoms with Crippen LogP contribution in [0.4, 0.5) is 18.9 Å². The van der Waals surface area contributed by atoms with E-state index in [2.05, 4.69) is 5.32 Å². The van der Waals surface area contributed by atoms with Gasteiger partial charge in [0.25, 0.3) is 0 Å². The Hall–Kier alpha value is -1.23. The van der Waals surface area contributed by atoms with Crippen LogP contribution in [0.3, 0.4) is 0 Å². The number of rotatable bonds is 2. The number of halogens is 3. The molecule has 0 spiro atoms. The molecular weight excluding hydrogens is 229 g/mol. The minimum absolute atomic E-state index is 0.108. The van der Waals surface area contributed by atoms with Gasteiger partial charge in [0, 0.05) is 17.8 Å². The summed E-state index contributed by atoms with van der Waals surface area (Å²) in [7, 11) is 0. The highest BCUT2D eigenvalue weighted by atomic mass is 19.4. The Labute approximate surface area is 99.0 Å². The molecule has 0 saturated carbocycles. The summed E-state index contributed by atoms with van der Waals surface area (Å²) in [5.41, 5.74) is 4.90. The lowest BCUT2D eigenvalue weighted by Crippen LogP contribution is -2.26. The van der Waals surface area contributed by atoms with Gasteiger partial charge in [-0.15, -0.1) is 0 Å². The van der Waals surface area contributed by atoms with Crippen LogP contribution in [0.15, 0.2) is 18.2 Å². The van der Waals surface area contributed by atoms with Gasteiger partial charge in [-0.05, 0) is 38.5 Å². The van der Waals surface area contributed by atoms with Crippen molar-refractivity contribution in [3.8, 4) is 0 Å². The lowest BCUT2D eigenvalue weighted by Gasteiger charge is -2.23. The molecule has 1 aromatic carbocycles. The standard InChI is InChI=1S/C12H17F3N2/c1-11(2,3)17-9-5-4-8(7-16)10(6-9)12(13,14)15/h4-6,17H,7,16H2,1-3H3. The number of nitrogens with one attached hydrogen (secondary N) is 1. The van der Waals surface area contributed by atoms with Crippen molar-refractivity contribution in [1.82, 2.24) is 0 Å². The Morgan fingerprint density at radius 2 is 1.76 bits per heavy atom. The average Bonchev–Trinajstić information content (AvgIpc) is 2.13. The fourth-order valence-corrected chi connectivity index (χ4v) is 1.53. The summed E-state index contributed by atoms with van der Waals surface area (Å²) < 4.78 is 38.3. The summed E-state index contributed by atoms with van der Waals surface area (Å²) in [5.74, 6) is 0. The summed E-state index contributed by atoms with van der Waals surface area (Å²) in [6.07, 6.45) is -4.37. The quantitative estimate of drug-likeness (QED) is 0.839. The van der Waals surface area contributed by atoms with Crippen LogP contribution in [0.5, 0.6) is 0 Å². The number of alkyl halides is 3. The molecule has 96 valence electrons. The Bertz CT molecular complexity index is 392. The normalized spacial score (nSPS) is 12.6. The molecule has 0 aromatic heterocycles. The molecule has 0 amide bonds. The summed E-state index contributed by atoms with van der Waals surface area (Å²) in [5, 5.41) is 3.00. The van der Waals surface area contributed by atoms with Gasteiger partial charge in [0.15, 0.2) is 0 Å². The summed E-state index contributed by atoms with van der Waals surface area (Å²) >= 11 is 0. The number of benzene rings is 1. The molecule has 0 aliphatic rings. The Balaban J connectivity index is 3.14. The molecule has 3 N–H and O–H groups in total. The van der Waals surface area contributed by atoms with Gasteiger partial charge < -0.3 is 11.1 Å². The van der Waals surface area contributed by atoms with Gasteiger partial charge in [-0.3, -0.25) is 0 Å². The van der Waals surface area contributed by atoms with E-state index in [9.17, 15) is 13.2 Å². The summed E-state index contributed by atoms with van der Waals surface area (Å²) in [6, 6.07) is 4.13. The fraction of sp³-hybridized carbons (Fsp3) is 0.500. The molecule has 0 radical (unpaired) electrons. The first-order chi connectivity index (χ1) is 7.63. The van der Waals surface area contributed by atoms with Crippen LogP contribution in [0, 0.1) is 0 Å². The van der Waals surface area contributed by atoms with Crippen LogP contribution in [-0.2, 0) is 12.7 Å². The minimum atomic E-state index is -4.37. The van der Waals surface area contributed by atoms with Gasteiger partial charge in [-0.2, -0.15) is 13.2 Å². The maximum atomic E-state index is 12.8. The zero-order valence-corrected chi connectivity index (χ0v) is 10.2. The zero-order valence-electron chi connectivity index (χ0n) is 10.2. The third-order valence-corrected chi connectivity index (χ3v) is 2.15. The van der Waals surface area contributed by atoms with Crippen LogP contribution < -0.4 is 11.1 Å². The van der Waals surface area contributed by atoms with Gasteiger partial charge in [-0.25, -0.2) is 0 Å². The molecule has 17 heavy (non-hydrogen) atoms. The molecule has 0 fully saturated rings. The lowest BCUT2D eigenvalue weighted by molar-refractivity contribution is -0.138. The molecule has 2 nitrogen and oxygen atoms in total. The number of hydrogen-bond donors (Lipinski definition) is 2. The van der Waals surface area contributed by atoms with E-state index in [1.54, 1.807) is 6.07 Å². The minimum Gasteiger partial charge on any atom is -0.380 e. The molecule has 0 aliphatic carbocycles. The van der Waals surface area contributed by atoms with E-state index in [-0.39, 0.29) is 17.6 Å². The van der Waals surface area contributed by atoms with Crippen LogP contribution >= 0.6 is 0 Å². The van der Waals surface area contributed by atoms with Crippen molar-refractivity contribution < 1.29 is 13.2 Å². The van der Waals surface area contributed by atoms with E-state index in [0.29, 0.717) is 5.69 Å². The van der Waals surface area contributed by atoms with Crippen molar-refractivity contribution in [2.24, 2.45) is 5.73 Å². The first kappa shape index (κ1) is 13.8. The number of anilines is 1. The van der Waals surface area contributed by atoms with Crippen molar-refractivity contribution in [2.45, 2.75) is 39.0 Å². The molecule has 1 rings (SSSR count). The lowest BCUT2D eigenvalue weighted by atomic mass is 10.0. The predicted molar refractivity (Wildman–Crippen MR) is 62.7 cm³/mol. The molecule has 0 unspecified atom stereocenters. The van der Waals surface area contributed by atoms with Gasteiger partial charge in [0.1, 0.15) is 0 Å². The highest BCUT2D eigenvalue weighted by Crippen LogP contribution is 2.34. The molecule has 0 aliphatic heterocycles. The van der Waals surface area contributed by atoms with Gasteiger partial charge in [-0.1, -0.05) is 6.07 Å². The highest BCUT2D eigenvalue weighted by Gasteiger charge is 2.33. The van der Waals surface area contributed by atoms with E-state index < -0.39 is 11.7 Å². The first-order valence-corrected chi connectivity index (χ1v) is 5.32. The van der Waals surface area contributed by atoms with Crippen LogP contribution in [0.1, 0.15) is 31.9 Å². The summed E-state index contributed by atoms with van der Waals surface area (Å²) in [4.78, 5) is 0. The van der Waals surface area contributed by atoms with Gasteiger partial charge in [0.05, 0.1) is 5.56 Å². The van der Waals surface area contributed by atoms with E-state index in [1.165, 1.54) is 6.07 Å². The topological polar surface area (TPSA) is 38.0 Å². The third kappa shape index (κ3) is 3.93. The Kier molecular flexibility index (Phi) is 3.71. The van der Waals surface area contributed by atoms with Crippen LogP contribution in [0.2, 0.25) is 0 Å². The smallest absolute Gasteiger partial charge is 0.380 e. The molecule has 0 heterocycles. The predicted octanol–water partition coefficient (Wildman–Crippen LogP) is 3.37. The molecule has 0 saturated heterocycles. The number of hydrogen-bond acceptors (Lipinski definition) is 2. The van der Waals surface area contributed by atoms with Crippen molar-refractivity contribution in [2.75, 3.05) is 5.32 Å². The second-order valence-electron chi connectivity index (χ2n) is 4.95. The Morgan fingerprint density at radius 3 is 2.18 bits per heavy atom. The van der Waals surface area contributed by atoms with E-state index in [0.717, 1.165) is 6.07 Å². The van der Waals surface area contributed by atoms with Gasteiger partial charge in [0.2, 0.25) is 0 Å². The second-order valence-corrected chi connectivity index (χ2v) is 4.95. The van der Waals surface area contributed by atoms with Gasteiger partial charge >= 0.3 is 6.18 Å². The maximum absolute atomic E-state index is 12.8. The van der Waals surface area contributed by atoms with Crippen molar-refractivity contribution in [3.63, 3.8) is 0 Å². The first-order valence-electron chi connectivity index (χ1n) is 5.32. The molecule has 0 bridgehead atoms. The van der Waals surface area contributed by atoms with Crippen LogP contribution in [0.25, 0.3) is 0 Å². The molecule has 5 heteroatoms. The number of nitrogens with two attached hydrogens (primary N) is 1. The average molecular weight is 246 g/mol. The maximum Gasteiger partial charge on any atom is 0.416 e. The Morgan fingerprint density at radius 1 is 1.18 bits per heavy atom. The molecular formula is C12H17F3N2. The summed E-state index contributed by atoms with van der Waals surface area (Å²) in [6.45, 7) is 5.54. The van der Waals surface area contributed by atoms with E-state index >= 15 is 0 Å². The third-order valence-electron chi connectivity index (χ3n) is 2.15. The largest absolute Gasteiger partial charge is 0.416 e. The highest BCUT2D eigenvalue weighted by molar-refractivity contribution is 5.51. The zero-order chi connectivity index (χ0) is 13.3. The van der Waals surface area contributed by atoms with Crippen molar-refractivity contribution in [3.05, 3.63) is 29.3 Å². The monoisotopic (exact) mass is 246 g/mol. The van der Waals surface area contributed by atoms with Crippen molar-refractivity contribution >= 4 is 5.69 Å². The fourth-order valence-electron chi connectivity index (χ4n) is 1.53. The van der Waals surface area contributed by atoms with E-state index in [4.69, 9.17) is 5.73 Å². The van der Waals surface area contributed by atoms with Crippen LogP contribution in [-0.4, -0.2) is 5.54 Å². The SMILES string of the molecule is CC(C)(C)Nc1ccc(CN)c(C(F)(F)F)c1.